The normalized spacial score (nSPS) is 10.7. The predicted molar refractivity (Wildman–Crippen MR) is 59.0 cm³/mol. The largest absolute Gasteiger partial charge is 0.248 e. The van der Waals surface area contributed by atoms with Crippen molar-refractivity contribution in [2.45, 2.75) is 19.8 Å². The van der Waals surface area contributed by atoms with Crippen LogP contribution in [0.5, 0.6) is 0 Å². The molecular formula is C10H10BrN3. The summed E-state index contributed by atoms with van der Waals surface area (Å²) >= 11 is 3.39. The Morgan fingerprint density at radius 1 is 1.29 bits per heavy atom. The maximum Gasteiger partial charge on any atom is 0.117 e. The Kier molecular flexibility index (Phi) is 2.72. The van der Waals surface area contributed by atoms with Crippen LogP contribution in [0.3, 0.4) is 0 Å². The summed E-state index contributed by atoms with van der Waals surface area (Å²) in [5.41, 5.74) is 2.19. The highest BCUT2D eigenvalue weighted by Gasteiger charge is 2.05. The van der Waals surface area contributed by atoms with Crippen molar-refractivity contribution in [1.82, 2.24) is 15.0 Å². The first kappa shape index (κ1) is 9.52. The van der Waals surface area contributed by atoms with Crippen molar-refractivity contribution in [1.29, 1.82) is 0 Å². The van der Waals surface area contributed by atoms with E-state index in [4.69, 9.17) is 0 Å². The number of fused-ring (bicyclic) bond motifs is 1. The van der Waals surface area contributed by atoms with Gasteiger partial charge in [0, 0.05) is 12.4 Å². The summed E-state index contributed by atoms with van der Waals surface area (Å²) in [4.78, 5) is 12.5. The topological polar surface area (TPSA) is 38.7 Å². The molecule has 2 aromatic rings. The molecule has 4 heteroatoms. The van der Waals surface area contributed by atoms with Crippen LogP contribution in [0.2, 0.25) is 0 Å². The van der Waals surface area contributed by atoms with Gasteiger partial charge in [-0.25, -0.2) is 15.0 Å². The first-order valence-corrected chi connectivity index (χ1v) is 5.35. The van der Waals surface area contributed by atoms with Crippen LogP contribution in [0.25, 0.3) is 10.9 Å². The van der Waals surface area contributed by atoms with Crippen molar-refractivity contribution in [2.24, 2.45) is 0 Å². The lowest BCUT2D eigenvalue weighted by Crippen LogP contribution is -1.93. The lowest BCUT2D eigenvalue weighted by Gasteiger charge is -2.04. The molecule has 0 aliphatic rings. The summed E-state index contributed by atoms with van der Waals surface area (Å²) in [6, 6.07) is 0. The number of pyridine rings is 1. The fourth-order valence-electron chi connectivity index (χ4n) is 1.45. The van der Waals surface area contributed by atoms with Gasteiger partial charge in [0.05, 0.1) is 10.9 Å². The molecule has 0 saturated carbocycles. The summed E-state index contributed by atoms with van der Waals surface area (Å²) < 4.78 is 0.813. The molecule has 2 aromatic heterocycles. The van der Waals surface area contributed by atoms with Crippen molar-refractivity contribution < 1.29 is 0 Å². The van der Waals surface area contributed by atoms with Gasteiger partial charge < -0.3 is 0 Å². The molecule has 0 aromatic carbocycles. The maximum absolute atomic E-state index is 4.28. The zero-order chi connectivity index (χ0) is 9.97. The minimum Gasteiger partial charge on any atom is -0.248 e. The molecule has 72 valence electrons. The molecule has 0 atom stereocenters. The molecule has 0 N–H and O–H groups in total. The fraction of sp³-hybridized carbons (Fsp3) is 0.300. The number of hydrogen-bond donors (Lipinski definition) is 0. The van der Waals surface area contributed by atoms with Crippen molar-refractivity contribution >= 4 is 26.8 Å². The lowest BCUT2D eigenvalue weighted by atomic mass is 10.1. The first-order valence-electron chi connectivity index (χ1n) is 4.56. The van der Waals surface area contributed by atoms with E-state index in [-0.39, 0.29) is 0 Å². The number of aromatic nitrogens is 3. The molecule has 14 heavy (non-hydrogen) atoms. The molecule has 0 aliphatic heterocycles. The standard InChI is InChI=1S/C10H10BrN3/c1-2-3-7-4-13-10(11)8-5-12-6-14-9(7)8/h4-6H,2-3H2,1H3. The van der Waals surface area contributed by atoms with Gasteiger partial charge in [0.2, 0.25) is 0 Å². The van der Waals surface area contributed by atoms with E-state index >= 15 is 0 Å². The summed E-state index contributed by atoms with van der Waals surface area (Å²) in [6.07, 6.45) is 7.35. The number of aryl methyl sites for hydroxylation is 1. The summed E-state index contributed by atoms with van der Waals surface area (Å²) in [7, 11) is 0. The van der Waals surface area contributed by atoms with Gasteiger partial charge in [0.15, 0.2) is 0 Å². The Labute approximate surface area is 90.7 Å². The average molecular weight is 252 g/mol. The molecule has 0 aliphatic carbocycles. The van der Waals surface area contributed by atoms with Gasteiger partial charge in [0.25, 0.3) is 0 Å². The Balaban J connectivity index is 2.68. The van der Waals surface area contributed by atoms with Gasteiger partial charge in [-0.2, -0.15) is 0 Å². The zero-order valence-electron chi connectivity index (χ0n) is 7.87. The molecule has 0 radical (unpaired) electrons. The van der Waals surface area contributed by atoms with Crippen molar-refractivity contribution in [3.05, 3.63) is 28.9 Å². The maximum atomic E-state index is 4.28. The van der Waals surface area contributed by atoms with E-state index in [2.05, 4.69) is 37.8 Å². The van der Waals surface area contributed by atoms with Gasteiger partial charge in [-0.1, -0.05) is 13.3 Å². The highest BCUT2D eigenvalue weighted by molar-refractivity contribution is 9.10. The van der Waals surface area contributed by atoms with Crippen LogP contribution in [0, 0.1) is 0 Å². The van der Waals surface area contributed by atoms with E-state index in [1.165, 1.54) is 5.56 Å². The molecule has 0 saturated heterocycles. The number of rotatable bonds is 2. The minimum atomic E-state index is 0.813. The summed E-state index contributed by atoms with van der Waals surface area (Å²) in [5.74, 6) is 0. The first-order chi connectivity index (χ1) is 6.83. The summed E-state index contributed by atoms with van der Waals surface area (Å²) in [5, 5.41) is 0.985. The van der Waals surface area contributed by atoms with E-state index in [0.29, 0.717) is 0 Å². The highest BCUT2D eigenvalue weighted by Crippen LogP contribution is 2.22. The van der Waals surface area contributed by atoms with Crippen LogP contribution in [0.15, 0.2) is 23.3 Å². The monoisotopic (exact) mass is 251 g/mol. The molecule has 0 spiro atoms. The molecule has 0 fully saturated rings. The Morgan fingerprint density at radius 3 is 2.93 bits per heavy atom. The van der Waals surface area contributed by atoms with Crippen LogP contribution in [0.1, 0.15) is 18.9 Å². The van der Waals surface area contributed by atoms with Crippen LogP contribution in [-0.4, -0.2) is 15.0 Å². The van der Waals surface area contributed by atoms with E-state index in [0.717, 1.165) is 28.3 Å². The number of nitrogens with zero attached hydrogens (tertiary/aromatic N) is 3. The smallest absolute Gasteiger partial charge is 0.117 e. The molecule has 0 bridgehead atoms. The quantitative estimate of drug-likeness (QED) is 0.771. The average Bonchev–Trinajstić information content (AvgIpc) is 2.23. The molecule has 0 amide bonds. The molecule has 0 unspecified atom stereocenters. The SMILES string of the molecule is CCCc1cnc(Br)c2cncnc12. The highest BCUT2D eigenvalue weighted by atomic mass is 79.9. The fourth-order valence-corrected chi connectivity index (χ4v) is 1.85. The Hall–Kier alpha value is -1.03. The Bertz CT molecular complexity index is 456. The van der Waals surface area contributed by atoms with Gasteiger partial charge in [0.1, 0.15) is 10.9 Å². The second-order valence-corrected chi connectivity index (χ2v) is 3.86. The van der Waals surface area contributed by atoms with Gasteiger partial charge in [-0.3, -0.25) is 0 Å². The van der Waals surface area contributed by atoms with E-state index < -0.39 is 0 Å². The minimum absolute atomic E-state index is 0.813. The lowest BCUT2D eigenvalue weighted by molar-refractivity contribution is 0.917. The van der Waals surface area contributed by atoms with Crippen molar-refractivity contribution in [3.8, 4) is 0 Å². The Morgan fingerprint density at radius 2 is 2.14 bits per heavy atom. The van der Waals surface area contributed by atoms with Crippen LogP contribution >= 0.6 is 15.9 Å². The van der Waals surface area contributed by atoms with Gasteiger partial charge in [-0.15, -0.1) is 0 Å². The molecule has 3 nitrogen and oxygen atoms in total. The van der Waals surface area contributed by atoms with Gasteiger partial charge >= 0.3 is 0 Å². The third kappa shape index (κ3) is 1.62. The van der Waals surface area contributed by atoms with E-state index in [1.54, 1.807) is 12.5 Å². The number of hydrogen-bond acceptors (Lipinski definition) is 3. The van der Waals surface area contributed by atoms with Crippen LogP contribution < -0.4 is 0 Å². The second-order valence-electron chi connectivity index (χ2n) is 3.11. The van der Waals surface area contributed by atoms with Gasteiger partial charge in [-0.05, 0) is 27.9 Å². The third-order valence-corrected chi connectivity index (χ3v) is 2.72. The van der Waals surface area contributed by atoms with E-state index in [1.807, 2.05) is 6.20 Å². The third-order valence-electron chi connectivity index (χ3n) is 2.09. The zero-order valence-corrected chi connectivity index (χ0v) is 9.45. The van der Waals surface area contributed by atoms with Crippen molar-refractivity contribution in [2.75, 3.05) is 0 Å². The molecular weight excluding hydrogens is 242 g/mol. The summed E-state index contributed by atoms with van der Waals surface area (Å²) in [6.45, 7) is 2.15. The van der Waals surface area contributed by atoms with Crippen molar-refractivity contribution in [3.63, 3.8) is 0 Å². The van der Waals surface area contributed by atoms with Crippen LogP contribution in [0.4, 0.5) is 0 Å². The van der Waals surface area contributed by atoms with Crippen LogP contribution in [-0.2, 0) is 6.42 Å². The second kappa shape index (κ2) is 4.00. The molecule has 2 heterocycles. The number of halogens is 1. The molecule has 2 rings (SSSR count). The van der Waals surface area contributed by atoms with E-state index in [9.17, 15) is 0 Å². The predicted octanol–water partition coefficient (Wildman–Crippen LogP) is 2.74.